The van der Waals surface area contributed by atoms with Crippen LogP contribution < -0.4 is 0 Å². The molecule has 0 saturated carbocycles. The number of hydrogen-bond acceptors (Lipinski definition) is 7. The summed E-state index contributed by atoms with van der Waals surface area (Å²) in [6, 6.07) is 27.2. The van der Waals surface area contributed by atoms with Crippen molar-refractivity contribution in [1.29, 1.82) is 0 Å². The van der Waals surface area contributed by atoms with Crippen LogP contribution in [0.15, 0.2) is 84.9 Å². The lowest BCUT2D eigenvalue weighted by Crippen LogP contribution is -2.40. The third kappa shape index (κ3) is 4.89. The van der Waals surface area contributed by atoms with Crippen LogP contribution in [0.1, 0.15) is 35.6 Å². The van der Waals surface area contributed by atoms with Gasteiger partial charge in [0.1, 0.15) is 13.2 Å². The fourth-order valence-electron chi connectivity index (χ4n) is 5.21. The summed E-state index contributed by atoms with van der Waals surface area (Å²) in [5.41, 5.74) is 5.59. The number of aromatic nitrogens is 1. The van der Waals surface area contributed by atoms with Crippen LogP contribution in [0, 0.1) is 0 Å². The lowest BCUT2D eigenvalue weighted by atomic mass is 9.98. The van der Waals surface area contributed by atoms with E-state index in [1.54, 1.807) is 6.07 Å². The van der Waals surface area contributed by atoms with Gasteiger partial charge in [0.25, 0.3) is 11.8 Å². The normalized spacial score (nSPS) is 14.2. The lowest BCUT2D eigenvalue weighted by molar-refractivity contribution is -0.197. The second kappa shape index (κ2) is 10.6. The van der Waals surface area contributed by atoms with Crippen molar-refractivity contribution in [2.24, 2.45) is 0 Å². The van der Waals surface area contributed by atoms with E-state index in [0.29, 0.717) is 10.8 Å². The van der Waals surface area contributed by atoms with Crippen molar-refractivity contribution in [3.05, 3.63) is 102 Å². The second-order valence-electron chi connectivity index (χ2n) is 9.70. The lowest BCUT2D eigenvalue weighted by Gasteiger charge is -2.23. The molecule has 9 heteroatoms. The summed E-state index contributed by atoms with van der Waals surface area (Å²) in [5, 5.41) is 1.40. The first-order valence-corrected chi connectivity index (χ1v) is 13.0. The van der Waals surface area contributed by atoms with E-state index in [0.717, 1.165) is 38.1 Å². The monoisotopic (exact) mass is 535 g/mol. The van der Waals surface area contributed by atoms with E-state index in [1.807, 2.05) is 78.9 Å². The maximum absolute atomic E-state index is 13.4. The van der Waals surface area contributed by atoms with Gasteiger partial charge in [0.05, 0.1) is 17.8 Å². The number of hydroxylamine groups is 2. The molecule has 2 aliphatic rings. The number of para-hydroxylation sites is 1. The number of carbonyl (C=O) groups excluding carboxylic acids is 4. The molecule has 0 N–H and O–H groups in total. The Kier molecular flexibility index (Phi) is 6.69. The Labute approximate surface area is 229 Å². The number of ether oxygens (including phenoxy) is 1. The van der Waals surface area contributed by atoms with Crippen LogP contribution in [-0.4, -0.2) is 52.0 Å². The van der Waals surface area contributed by atoms with Crippen molar-refractivity contribution < 1.29 is 28.8 Å². The smallest absolute Gasteiger partial charge is 0.410 e. The molecule has 3 aromatic carbocycles. The van der Waals surface area contributed by atoms with E-state index in [4.69, 9.17) is 9.57 Å². The summed E-state index contributed by atoms with van der Waals surface area (Å²) >= 11 is 0. The van der Waals surface area contributed by atoms with Crippen LogP contribution >= 0.6 is 0 Å². The summed E-state index contributed by atoms with van der Waals surface area (Å²) in [6.45, 7) is -0.520. The largest absolute Gasteiger partial charge is 0.448 e. The number of carbonyl (C=O) groups is 4. The van der Waals surface area contributed by atoms with E-state index in [2.05, 4.69) is 4.98 Å². The molecule has 1 aliphatic carbocycles. The molecule has 1 aromatic heterocycles. The van der Waals surface area contributed by atoms with Gasteiger partial charge in [-0.3, -0.25) is 19.5 Å². The number of hydrogen-bond donors (Lipinski definition) is 0. The molecular weight excluding hydrogens is 510 g/mol. The molecule has 4 aromatic rings. The SMILES string of the molecule is O=C(CN(Cc1ccc2ccccc2n1)C(=O)OCC1c2ccccc2-c2ccccc21)ON1C(=O)CCC1=O. The van der Waals surface area contributed by atoms with E-state index in [1.165, 1.54) is 0 Å². The molecular formula is C31H25N3O6. The number of imide groups is 1. The molecule has 1 saturated heterocycles. The number of rotatable bonds is 7. The van der Waals surface area contributed by atoms with E-state index in [-0.39, 0.29) is 31.9 Å². The first-order valence-electron chi connectivity index (χ1n) is 13.0. The average Bonchev–Trinajstić information content (AvgIpc) is 3.47. The van der Waals surface area contributed by atoms with Crippen LogP contribution in [0.4, 0.5) is 4.79 Å². The Morgan fingerprint density at radius 3 is 2.15 bits per heavy atom. The number of amides is 3. The van der Waals surface area contributed by atoms with Gasteiger partial charge in [-0.15, -0.1) is 5.06 Å². The van der Waals surface area contributed by atoms with E-state index in [9.17, 15) is 19.2 Å². The maximum Gasteiger partial charge on any atom is 0.410 e. The summed E-state index contributed by atoms with van der Waals surface area (Å²) in [4.78, 5) is 60.8. The third-order valence-electron chi connectivity index (χ3n) is 7.12. The first-order chi connectivity index (χ1) is 19.5. The zero-order valence-electron chi connectivity index (χ0n) is 21.5. The van der Waals surface area contributed by atoms with E-state index < -0.39 is 30.4 Å². The molecule has 1 fully saturated rings. The summed E-state index contributed by atoms with van der Waals surface area (Å²) < 4.78 is 5.78. The number of fused-ring (bicyclic) bond motifs is 4. The van der Waals surface area contributed by atoms with Crippen molar-refractivity contribution in [3.63, 3.8) is 0 Å². The van der Waals surface area contributed by atoms with Crippen LogP contribution in [0.25, 0.3) is 22.0 Å². The molecule has 2 heterocycles. The van der Waals surface area contributed by atoms with Crippen molar-refractivity contribution in [2.75, 3.05) is 13.2 Å². The summed E-state index contributed by atoms with van der Waals surface area (Å²) in [7, 11) is 0. The van der Waals surface area contributed by atoms with E-state index >= 15 is 0 Å². The van der Waals surface area contributed by atoms with Crippen LogP contribution in [0.5, 0.6) is 0 Å². The minimum atomic E-state index is -0.933. The Bertz CT molecular complexity index is 1590. The molecule has 40 heavy (non-hydrogen) atoms. The highest BCUT2D eigenvalue weighted by atomic mass is 16.7. The average molecular weight is 536 g/mol. The fourth-order valence-corrected chi connectivity index (χ4v) is 5.21. The number of nitrogens with zero attached hydrogens (tertiary/aromatic N) is 3. The Balaban J connectivity index is 1.22. The molecule has 0 bridgehead atoms. The maximum atomic E-state index is 13.4. The molecule has 0 unspecified atom stereocenters. The minimum Gasteiger partial charge on any atom is -0.448 e. The van der Waals surface area contributed by atoms with Gasteiger partial charge in [0.2, 0.25) is 0 Å². The predicted molar refractivity (Wildman–Crippen MR) is 144 cm³/mol. The van der Waals surface area contributed by atoms with Gasteiger partial charge in [0.15, 0.2) is 0 Å². The van der Waals surface area contributed by atoms with Crippen molar-refractivity contribution in [1.82, 2.24) is 14.9 Å². The van der Waals surface area contributed by atoms with Gasteiger partial charge in [-0.25, -0.2) is 9.59 Å². The van der Waals surface area contributed by atoms with Gasteiger partial charge in [-0.2, -0.15) is 0 Å². The zero-order chi connectivity index (χ0) is 27.6. The fraction of sp³-hybridized carbons (Fsp3) is 0.194. The summed E-state index contributed by atoms with van der Waals surface area (Å²) in [6.07, 6.45) is -0.792. The van der Waals surface area contributed by atoms with Gasteiger partial charge < -0.3 is 9.57 Å². The van der Waals surface area contributed by atoms with Crippen molar-refractivity contribution in [3.8, 4) is 11.1 Å². The third-order valence-corrected chi connectivity index (χ3v) is 7.12. The topological polar surface area (TPSA) is 106 Å². The summed E-state index contributed by atoms with van der Waals surface area (Å²) in [5.74, 6) is -2.29. The molecule has 0 radical (unpaired) electrons. The van der Waals surface area contributed by atoms with Gasteiger partial charge >= 0.3 is 12.1 Å². The quantitative estimate of drug-likeness (QED) is 0.319. The minimum absolute atomic E-state index is 0.0246. The van der Waals surface area contributed by atoms with Gasteiger partial charge in [-0.05, 0) is 34.4 Å². The Morgan fingerprint density at radius 1 is 0.825 bits per heavy atom. The van der Waals surface area contributed by atoms with Crippen LogP contribution in [0.3, 0.4) is 0 Å². The number of pyridine rings is 1. The second-order valence-corrected chi connectivity index (χ2v) is 9.70. The molecule has 6 rings (SSSR count). The highest BCUT2D eigenvalue weighted by Gasteiger charge is 2.34. The highest BCUT2D eigenvalue weighted by molar-refractivity contribution is 6.01. The Hall–Kier alpha value is -5.05. The Morgan fingerprint density at radius 2 is 1.45 bits per heavy atom. The van der Waals surface area contributed by atoms with Crippen LogP contribution in [0.2, 0.25) is 0 Å². The van der Waals surface area contributed by atoms with Gasteiger partial charge in [0, 0.05) is 24.1 Å². The van der Waals surface area contributed by atoms with Crippen LogP contribution in [-0.2, 0) is 30.5 Å². The molecule has 0 spiro atoms. The molecule has 9 nitrogen and oxygen atoms in total. The first kappa shape index (κ1) is 25.2. The zero-order valence-corrected chi connectivity index (χ0v) is 21.5. The van der Waals surface area contributed by atoms with Gasteiger partial charge in [-0.1, -0.05) is 72.8 Å². The van der Waals surface area contributed by atoms with Crippen molar-refractivity contribution in [2.45, 2.75) is 25.3 Å². The molecule has 200 valence electrons. The highest BCUT2D eigenvalue weighted by Crippen LogP contribution is 2.44. The molecule has 3 amide bonds. The number of benzene rings is 3. The molecule has 0 atom stereocenters. The molecule has 1 aliphatic heterocycles. The van der Waals surface area contributed by atoms with Crippen molar-refractivity contribution >= 4 is 34.8 Å². The predicted octanol–water partition coefficient (Wildman–Crippen LogP) is 4.59. The standard InChI is InChI=1S/C31H25N3O6/c35-28-15-16-29(36)34(28)40-30(37)18-33(17-21-14-13-20-7-1-6-12-27(20)32-21)31(38)39-19-26-24-10-4-2-8-22(24)23-9-3-5-11-25(23)26/h1-14,26H,15-19H2.